The molecule has 0 aliphatic rings. The molecule has 5 rings (SSSR count). The fourth-order valence-corrected chi connectivity index (χ4v) is 3.99. The van der Waals surface area contributed by atoms with E-state index < -0.39 is 6.04 Å². The summed E-state index contributed by atoms with van der Waals surface area (Å²) in [4.78, 5) is 30.8. The number of nitrogens with one attached hydrogen (secondary N) is 1. The van der Waals surface area contributed by atoms with E-state index in [1.807, 2.05) is 62.4 Å². The van der Waals surface area contributed by atoms with Crippen LogP contribution in [0.3, 0.4) is 0 Å². The van der Waals surface area contributed by atoms with Gasteiger partial charge in [-0.1, -0.05) is 55.5 Å². The molecule has 154 valence electrons. The summed E-state index contributed by atoms with van der Waals surface area (Å²) in [6, 6.07) is 18.2. The maximum absolute atomic E-state index is 13.0. The molecule has 1 atom stereocenters. The second-order valence-corrected chi connectivity index (χ2v) is 7.52. The van der Waals surface area contributed by atoms with Crippen molar-refractivity contribution in [2.75, 3.05) is 0 Å². The van der Waals surface area contributed by atoms with Crippen molar-refractivity contribution in [3.05, 3.63) is 99.0 Å². The lowest BCUT2D eigenvalue weighted by Gasteiger charge is -2.14. The second kappa shape index (κ2) is 7.36. The van der Waals surface area contributed by atoms with Crippen molar-refractivity contribution in [3.63, 3.8) is 0 Å². The van der Waals surface area contributed by atoms with Gasteiger partial charge in [-0.05, 0) is 25.0 Å². The van der Waals surface area contributed by atoms with Crippen LogP contribution >= 0.6 is 0 Å². The molecule has 3 aromatic heterocycles. The largest absolute Gasteiger partial charge is 0.293 e. The molecule has 5 aromatic rings. The van der Waals surface area contributed by atoms with Gasteiger partial charge >= 0.3 is 0 Å². The molecule has 0 fully saturated rings. The van der Waals surface area contributed by atoms with Crippen molar-refractivity contribution < 1.29 is 0 Å². The van der Waals surface area contributed by atoms with Crippen LogP contribution in [0.2, 0.25) is 0 Å². The van der Waals surface area contributed by atoms with Crippen LogP contribution in [0, 0.1) is 0 Å². The second-order valence-electron chi connectivity index (χ2n) is 7.52. The minimum Gasteiger partial charge on any atom is -0.293 e. The predicted molar refractivity (Wildman–Crippen MR) is 120 cm³/mol. The van der Waals surface area contributed by atoms with Crippen molar-refractivity contribution in [3.8, 4) is 11.1 Å². The first-order chi connectivity index (χ1) is 15.1. The van der Waals surface area contributed by atoms with Gasteiger partial charge in [0.15, 0.2) is 5.65 Å². The Hall–Kier alpha value is -4.00. The van der Waals surface area contributed by atoms with E-state index >= 15 is 0 Å². The molecule has 0 spiro atoms. The van der Waals surface area contributed by atoms with Gasteiger partial charge in [-0.25, -0.2) is 14.2 Å². The highest BCUT2D eigenvalue weighted by Crippen LogP contribution is 2.28. The summed E-state index contributed by atoms with van der Waals surface area (Å²) in [5, 5.41) is 8.89. The zero-order valence-electron chi connectivity index (χ0n) is 17.2. The summed E-state index contributed by atoms with van der Waals surface area (Å²) < 4.78 is 2.85. The Morgan fingerprint density at radius 1 is 1.03 bits per heavy atom. The first-order valence-corrected chi connectivity index (χ1v) is 10.2. The van der Waals surface area contributed by atoms with E-state index in [0.717, 1.165) is 28.6 Å². The van der Waals surface area contributed by atoms with E-state index in [9.17, 15) is 9.59 Å². The van der Waals surface area contributed by atoms with Crippen LogP contribution < -0.4 is 11.1 Å². The lowest BCUT2D eigenvalue weighted by atomic mass is 10.0. The fraction of sp³-hybridized carbons (Fsp3) is 0.167. The molecule has 31 heavy (non-hydrogen) atoms. The molecule has 0 aliphatic heterocycles. The summed E-state index contributed by atoms with van der Waals surface area (Å²) in [7, 11) is 0. The molecule has 7 heteroatoms. The number of benzene rings is 2. The first-order valence-electron chi connectivity index (χ1n) is 10.2. The van der Waals surface area contributed by atoms with Crippen molar-refractivity contribution in [1.29, 1.82) is 0 Å². The van der Waals surface area contributed by atoms with E-state index in [0.29, 0.717) is 16.7 Å². The molecule has 0 amide bonds. The summed E-state index contributed by atoms with van der Waals surface area (Å²) >= 11 is 0. The number of hydrogen-bond acceptors (Lipinski definition) is 4. The Labute approximate surface area is 177 Å². The number of fused-ring (bicyclic) bond motifs is 2. The van der Waals surface area contributed by atoms with Gasteiger partial charge in [0.05, 0.1) is 23.3 Å². The van der Waals surface area contributed by atoms with E-state index in [1.54, 1.807) is 12.3 Å². The number of aromatic nitrogens is 5. The summed E-state index contributed by atoms with van der Waals surface area (Å²) in [5.74, 6) is 0. The Bertz CT molecular complexity index is 1530. The van der Waals surface area contributed by atoms with Crippen molar-refractivity contribution >= 4 is 16.4 Å². The van der Waals surface area contributed by atoms with Gasteiger partial charge in [0.2, 0.25) is 0 Å². The average molecular weight is 411 g/mol. The van der Waals surface area contributed by atoms with E-state index in [-0.39, 0.29) is 11.1 Å². The standard InChI is InChI=1S/C24H21N5O2/c1-3-19-22(16-9-5-4-6-10-16)23-26-20(13-21(30)29(23)27-19)15(2)28-24(31)18-12-8-7-11-17(18)14-25-28/h4-15,27H,3H2,1-2H3/t15-/m0/s1. The zero-order valence-corrected chi connectivity index (χ0v) is 17.2. The van der Waals surface area contributed by atoms with Crippen LogP contribution in [-0.2, 0) is 6.42 Å². The Kier molecular flexibility index (Phi) is 4.51. The maximum atomic E-state index is 13.0. The Balaban J connectivity index is 1.72. The van der Waals surface area contributed by atoms with Gasteiger partial charge in [-0.15, -0.1) is 0 Å². The number of nitrogens with zero attached hydrogens (tertiary/aromatic N) is 4. The van der Waals surface area contributed by atoms with Crippen LogP contribution in [0.1, 0.15) is 31.3 Å². The maximum Gasteiger partial charge on any atom is 0.275 e. The van der Waals surface area contributed by atoms with Crippen molar-refractivity contribution in [2.45, 2.75) is 26.3 Å². The van der Waals surface area contributed by atoms with Crippen LogP contribution in [0.25, 0.3) is 27.5 Å². The smallest absolute Gasteiger partial charge is 0.275 e. The van der Waals surface area contributed by atoms with Crippen LogP contribution in [0.4, 0.5) is 0 Å². The highest BCUT2D eigenvalue weighted by atomic mass is 16.1. The molecule has 0 saturated carbocycles. The van der Waals surface area contributed by atoms with E-state index in [1.165, 1.54) is 15.3 Å². The molecule has 1 N–H and O–H groups in total. The highest BCUT2D eigenvalue weighted by molar-refractivity contribution is 5.81. The molecule has 3 heterocycles. The molecule has 0 radical (unpaired) electrons. The number of aromatic amines is 1. The minimum atomic E-state index is -0.501. The Morgan fingerprint density at radius 2 is 1.77 bits per heavy atom. The van der Waals surface area contributed by atoms with Gasteiger partial charge in [-0.2, -0.15) is 5.10 Å². The van der Waals surface area contributed by atoms with Crippen molar-refractivity contribution in [2.24, 2.45) is 0 Å². The number of hydrogen-bond donors (Lipinski definition) is 1. The molecular formula is C24H21N5O2. The normalized spacial score (nSPS) is 12.5. The molecular weight excluding hydrogens is 390 g/mol. The molecule has 7 nitrogen and oxygen atoms in total. The Morgan fingerprint density at radius 3 is 2.55 bits per heavy atom. The lowest BCUT2D eigenvalue weighted by molar-refractivity contribution is 0.524. The van der Waals surface area contributed by atoms with Gasteiger partial charge < -0.3 is 0 Å². The van der Waals surface area contributed by atoms with E-state index in [2.05, 4.69) is 10.2 Å². The summed E-state index contributed by atoms with van der Waals surface area (Å²) in [5.41, 5.74) is 3.42. The molecule has 2 aromatic carbocycles. The third kappa shape index (κ3) is 3.06. The lowest BCUT2D eigenvalue weighted by Crippen LogP contribution is -2.28. The quantitative estimate of drug-likeness (QED) is 0.490. The van der Waals surface area contributed by atoms with Crippen LogP contribution in [-0.4, -0.2) is 24.4 Å². The van der Waals surface area contributed by atoms with Crippen LogP contribution in [0.5, 0.6) is 0 Å². The third-order valence-electron chi connectivity index (χ3n) is 5.64. The third-order valence-corrected chi connectivity index (χ3v) is 5.64. The zero-order chi connectivity index (χ0) is 21.5. The minimum absolute atomic E-state index is 0.209. The predicted octanol–water partition coefficient (Wildman–Crippen LogP) is 3.57. The number of rotatable bonds is 4. The van der Waals surface area contributed by atoms with Gasteiger partial charge in [0, 0.05) is 22.7 Å². The van der Waals surface area contributed by atoms with Gasteiger partial charge in [0.1, 0.15) is 0 Å². The number of aryl methyl sites for hydroxylation is 1. The number of H-pyrrole nitrogens is 1. The molecule has 0 bridgehead atoms. The van der Waals surface area contributed by atoms with Crippen molar-refractivity contribution in [1.82, 2.24) is 24.4 Å². The first kappa shape index (κ1) is 19.0. The highest BCUT2D eigenvalue weighted by Gasteiger charge is 2.20. The molecule has 0 saturated heterocycles. The average Bonchev–Trinajstić information content (AvgIpc) is 3.19. The fourth-order valence-electron chi connectivity index (χ4n) is 3.99. The monoisotopic (exact) mass is 411 g/mol. The SMILES string of the molecule is CCc1[nH]n2c(=O)cc([C@H](C)n3ncc4ccccc4c3=O)nc2c1-c1ccccc1. The topological polar surface area (TPSA) is 85.0 Å². The summed E-state index contributed by atoms with van der Waals surface area (Å²) in [6.45, 7) is 3.86. The summed E-state index contributed by atoms with van der Waals surface area (Å²) in [6.07, 6.45) is 2.39. The van der Waals surface area contributed by atoms with E-state index in [4.69, 9.17) is 4.98 Å². The molecule has 0 aliphatic carbocycles. The molecule has 0 unspecified atom stereocenters. The van der Waals surface area contributed by atoms with Gasteiger partial charge in [-0.3, -0.25) is 14.7 Å². The van der Waals surface area contributed by atoms with Crippen LogP contribution in [0.15, 0.2) is 76.4 Å². The van der Waals surface area contributed by atoms with Gasteiger partial charge in [0.25, 0.3) is 11.1 Å².